The third-order valence-electron chi connectivity index (χ3n) is 3.59. The molecule has 0 unspecified atom stereocenters. The molecule has 0 atom stereocenters. The molecule has 144 valence electrons. The number of para-hydroxylation sites is 1. The molecule has 0 aliphatic heterocycles. The number of aromatic nitrogens is 1. The van der Waals surface area contributed by atoms with Gasteiger partial charge in [-0.25, -0.2) is 9.78 Å². The van der Waals surface area contributed by atoms with Gasteiger partial charge in [0.1, 0.15) is 12.4 Å². The smallest absolute Gasteiger partial charge is 0.344 e. The SMILES string of the molecule is CC(=O)N(c1ccccc1)c1nc(COC(=O)COc2cccc(Cl)c2)cs1. The first kappa shape index (κ1) is 19.9. The first-order valence-electron chi connectivity index (χ1n) is 8.37. The van der Waals surface area contributed by atoms with Crippen molar-refractivity contribution in [1.29, 1.82) is 0 Å². The van der Waals surface area contributed by atoms with Gasteiger partial charge in [0, 0.05) is 17.3 Å². The Bertz CT molecular complexity index is 962. The maximum Gasteiger partial charge on any atom is 0.344 e. The van der Waals surface area contributed by atoms with Crippen LogP contribution in [0.15, 0.2) is 60.0 Å². The van der Waals surface area contributed by atoms with Gasteiger partial charge in [0.15, 0.2) is 11.7 Å². The van der Waals surface area contributed by atoms with Crippen molar-refractivity contribution in [3.05, 3.63) is 70.7 Å². The Morgan fingerprint density at radius 2 is 1.93 bits per heavy atom. The standard InChI is InChI=1S/C20H17ClN2O4S/c1-14(24)23(17-7-3-2-4-8-17)20-22-16(13-28-20)11-27-19(25)12-26-18-9-5-6-15(21)10-18/h2-10,13H,11-12H2,1H3. The lowest BCUT2D eigenvalue weighted by Gasteiger charge is -2.17. The largest absolute Gasteiger partial charge is 0.482 e. The summed E-state index contributed by atoms with van der Waals surface area (Å²) in [6.45, 7) is 1.23. The van der Waals surface area contributed by atoms with E-state index in [-0.39, 0.29) is 19.1 Å². The lowest BCUT2D eigenvalue weighted by atomic mass is 10.3. The predicted octanol–water partition coefficient (Wildman–Crippen LogP) is 4.60. The summed E-state index contributed by atoms with van der Waals surface area (Å²) < 4.78 is 10.5. The van der Waals surface area contributed by atoms with Gasteiger partial charge in [0.25, 0.3) is 0 Å². The fraction of sp³-hybridized carbons (Fsp3) is 0.150. The lowest BCUT2D eigenvalue weighted by molar-refractivity contribution is -0.147. The predicted molar refractivity (Wildman–Crippen MR) is 108 cm³/mol. The Kier molecular flexibility index (Phi) is 6.62. The molecule has 0 radical (unpaired) electrons. The monoisotopic (exact) mass is 416 g/mol. The zero-order chi connectivity index (χ0) is 19.9. The number of amides is 1. The van der Waals surface area contributed by atoms with E-state index < -0.39 is 5.97 Å². The molecule has 6 nitrogen and oxygen atoms in total. The first-order valence-corrected chi connectivity index (χ1v) is 9.63. The number of halogens is 1. The molecular weight excluding hydrogens is 400 g/mol. The van der Waals surface area contributed by atoms with Gasteiger partial charge in [-0.3, -0.25) is 9.69 Å². The summed E-state index contributed by atoms with van der Waals surface area (Å²) in [5, 5.41) is 2.79. The highest BCUT2D eigenvalue weighted by Gasteiger charge is 2.18. The zero-order valence-corrected chi connectivity index (χ0v) is 16.6. The minimum Gasteiger partial charge on any atom is -0.482 e. The second kappa shape index (κ2) is 9.34. The highest BCUT2D eigenvalue weighted by Crippen LogP contribution is 2.28. The molecule has 0 saturated carbocycles. The van der Waals surface area contributed by atoms with Crippen LogP contribution < -0.4 is 9.64 Å². The molecule has 3 rings (SSSR count). The second-order valence-electron chi connectivity index (χ2n) is 5.72. The molecule has 1 aromatic heterocycles. The van der Waals surface area contributed by atoms with E-state index in [0.29, 0.717) is 21.6 Å². The number of nitrogens with zero attached hydrogens (tertiary/aromatic N) is 2. The van der Waals surface area contributed by atoms with Crippen LogP contribution in [0.2, 0.25) is 5.02 Å². The number of thiazole rings is 1. The summed E-state index contributed by atoms with van der Waals surface area (Å²) in [4.78, 5) is 29.8. The molecule has 8 heteroatoms. The number of benzene rings is 2. The molecule has 0 saturated heterocycles. The Hall–Kier alpha value is -2.90. The van der Waals surface area contributed by atoms with Gasteiger partial charge in [-0.1, -0.05) is 35.9 Å². The highest BCUT2D eigenvalue weighted by atomic mass is 35.5. The molecule has 0 fully saturated rings. The van der Waals surface area contributed by atoms with Crippen LogP contribution in [0.25, 0.3) is 0 Å². The molecule has 0 bridgehead atoms. The number of carbonyl (C=O) groups excluding carboxylic acids is 2. The molecule has 1 heterocycles. The number of ether oxygens (including phenoxy) is 2. The van der Waals surface area contributed by atoms with E-state index in [4.69, 9.17) is 21.1 Å². The van der Waals surface area contributed by atoms with Gasteiger partial charge < -0.3 is 9.47 Å². The average molecular weight is 417 g/mol. The fourth-order valence-corrected chi connectivity index (χ4v) is 3.42. The van der Waals surface area contributed by atoms with E-state index in [1.165, 1.54) is 23.2 Å². The molecule has 0 aliphatic carbocycles. The third kappa shape index (κ3) is 5.31. The number of hydrogen-bond donors (Lipinski definition) is 0. The van der Waals surface area contributed by atoms with Crippen LogP contribution >= 0.6 is 22.9 Å². The molecular formula is C20H17ClN2O4S. The van der Waals surface area contributed by atoms with Gasteiger partial charge in [-0.05, 0) is 30.3 Å². The van der Waals surface area contributed by atoms with Gasteiger partial charge >= 0.3 is 5.97 Å². The quantitative estimate of drug-likeness (QED) is 0.526. The molecule has 2 aromatic carbocycles. The van der Waals surface area contributed by atoms with Crippen molar-refractivity contribution in [2.75, 3.05) is 11.5 Å². The number of anilines is 2. The minimum atomic E-state index is -0.527. The summed E-state index contributed by atoms with van der Waals surface area (Å²) in [5.74, 6) is -0.194. The Balaban J connectivity index is 1.56. The van der Waals surface area contributed by atoms with Crippen LogP contribution in [0, 0.1) is 0 Å². The van der Waals surface area contributed by atoms with Gasteiger partial charge in [-0.15, -0.1) is 11.3 Å². The first-order chi connectivity index (χ1) is 13.5. The number of carbonyl (C=O) groups is 2. The third-order valence-corrected chi connectivity index (χ3v) is 4.70. The summed E-state index contributed by atoms with van der Waals surface area (Å²) >= 11 is 7.17. The molecule has 3 aromatic rings. The van der Waals surface area contributed by atoms with Crippen molar-refractivity contribution in [3.8, 4) is 5.75 Å². The summed E-state index contributed by atoms with van der Waals surface area (Å²) in [7, 11) is 0. The van der Waals surface area contributed by atoms with Crippen molar-refractivity contribution in [1.82, 2.24) is 4.98 Å². The van der Waals surface area contributed by atoms with Crippen LogP contribution in [0.3, 0.4) is 0 Å². The van der Waals surface area contributed by atoms with Crippen LogP contribution in [0.4, 0.5) is 10.8 Å². The van der Waals surface area contributed by atoms with Crippen molar-refractivity contribution in [3.63, 3.8) is 0 Å². The lowest BCUT2D eigenvalue weighted by Crippen LogP contribution is -2.22. The number of rotatable bonds is 7. The highest BCUT2D eigenvalue weighted by molar-refractivity contribution is 7.14. The second-order valence-corrected chi connectivity index (χ2v) is 6.99. The summed E-state index contributed by atoms with van der Waals surface area (Å²) in [6.07, 6.45) is 0. The molecule has 0 spiro atoms. The molecule has 28 heavy (non-hydrogen) atoms. The van der Waals surface area contributed by atoms with E-state index in [9.17, 15) is 9.59 Å². The van der Waals surface area contributed by atoms with E-state index in [1.54, 1.807) is 29.6 Å². The van der Waals surface area contributed by atoms with Gasteiger partial charge in [0.2, 0.25) is 5.91 Å². The Morgan fingerprint density at radius 1 is 1.14 bits per heavy atom. The van der Waals surface area contributed by atoms with Crippen LogP contribution in [0.5, 0.6) is 5.75 Å². The minimum absolute atomic E-state index is 0.00518. The number of esters is 1. The van der Waals surface area contributed by atoms with Gasteiger partial charge in [-0.2, -0.15) is 0 Å². The maximum absolute atomic E-state index is 12.0. The molecule has 1 amide bonds. The van der Waals surface area contributed by atoms with Crippen molar-refractivity contribution in [2.45, 2.75) is 13.5 Å². The zero-order valence-electron chi connectivity index (χ0n) is 15.0. The van der Waals surface area contributed by atoms with E-state index in [1.807, 2.05) is 30.3 Å². The van der Waals surface area contributed by atoms with Gasteiger partial charge in [0.05, 0.1) is 11.4 Å². The normalized spacial score (nSPS) is 10.4. The number of hydrogen-bond acceptors (Lipinski definition) is 6. The van der Waals surface area contributed by atoms with Crippen LogP contribution in [-0.4, -0.2) is 23.5 Å². The average Bonchev–Trinajstić information content (AvgIpc) is 3.14. The topological polar surface area (TPSA) is 68.7 Å². The Labute approximate surface area is 171 Å². The maximum atomic E-state index is 12.0. The van der Waals surface area contributed by atoms with Crippen molar-refractivity contribution < 1.29 is 19.1 Å². The van der Waals surface area contributed by atoms with E-state index >= 15 is 0 Å². The van der Waals surface area contributed by atoms with Crippen LogP contribution in [-0.2, 0) is 20.9 Å². The molecule has 0 N–H and O–H groups in total. The van der Waals surface area contributed by atoms with Crippen molar-refractivity contribution in [2.24, 2.45) is 0 Å². The summed E-state index contributed by atoms with van der Waals surface area (Å²) in [5.41, 5.74) is 1.28. The van der Waals surface area contributed by atoms with E-state index in [0.717, 1.165) is 5.69 Å². The molecule has 0 aliphatic rings. The Morgan fingerprint density at radius 3 is 2.64 bits per heavy atom. The van der Waals surface area contributed by atoms with Crippen LogP contribution in [0.1, 0.15) is 12.6 Å². The van der Waals surface area contributed by atoms with E-state index in [2.05, 4.69) is 4.98 Å². The fourth-order valence-electron chi connectivity index (χ4n) is 2.36. The van der Waals surface area contributed by atoms with Crippen molar-refractivity contribution >= 4 is 45.6 Å². The summed E-state index contributed by atoms with van der Waals surface area (Å²) in [6, 6.07) is 16.0.